The van der Waals surface area contributed by atoms with Crippen LogP contribution in [0.25, 0.3) is 132 Å². The van der Waals surface area contributed by atoms with E-state index in [4.69, 9.17) is 0 Å². The third-order valence-corrected chi connectivity index (χ3v) is 14.4. The molecule has 0 atom stereocenters. The van der Waals surface area contributed by atoms with Gasteiger partial charge in [-0.05, 0) is 103 Å². The van der Waals surface area contributed by atoms with Crippen molar-refractivity contribution in [2.24, 2.45) is 0 Å². The summed E-state index contributed by atoms with van der Waals surface area (Å²) in [5.41, 5.74) is 19.9. The molecule has 0 aliphatic heterocycles. The predicted octanol–water partition coefficient (Wildman–Crippen LogP) is 25.1. The van der Waals surface area contributed by atoms with Crippen LogP contribution in [0.3, 0.4) is 0 Å². The van der Waals surface area contributed by atoms with E-state index < -0.39 is 15.6 Å². The second-order valence-electron chi connectivity index (χ2n) is 20.8. The summed E-state index contributed by atoms with van der Waals surface area (Å²) >= 11 is 0. The minimum absolute atomic E-state index is 0. The molecule has 0 saturated carbocycles. The molecule has 0 amide bonds. The van der Waals surface area contributed by atoms with Crippen molar-refractivity contribution in [1.29, 1.82) is 0 Å². The van der Waals surface area contributed by atoms with Gasteiger partial charge in [-0.15, -0.1) is 0 Å². The van der Waals surface area contributed by atoms with Crippen LogP contribution in [-0.2, 0) is 19.5 Å². The Morgan fingerprint density at radius 3 is 0.409 bits per heavy atom. The third kappa shape index (κ3) is 17.6. The van der Waals surface area contributed by atoms with E-state index in [1.165, 1.54) is 66.8 Å². The molecular weight excluding hydrogens is 1340 g/mol. The quantitative estimate of drug-likeness (QED) is 0.0714. The van der Waals surface area contributed by atoms with Crippen molar-refractivity contribution >= 4 is 81.0 Å². The molecular formula is C72H48F12N6P2Ru. The molecule has 15 aromatic rings. The molecule has 0 aliphatic carbocycles. The van der Waals surface area contributed by atoms with Crippen molar-refractivity contribution in [2.45, 2.75) is 0 Å². The first-order valence-corrected chi connectivity index (χ1v) is 32.2. The average molecular weight is 1390 g/mol. The van der Waals surface area contributed by atoms with Gasteiger partial charge >= 0.3 is 85.5 Å². The van der Waals surface area contributed by atoms with Crippen LogP contribution in [0.2, 0.25) is 0 Å². The van der Waals surface area contributed by atoms with E-state index in [1.807, 2.05) is 73.6 Å². The van der Waals surface area contributed by atoms with E-state index in [1.54, 1.807) is 0 Å². The summed E-state index contributed by atoms with van der Waals surface area (Å²) in [4.78, 5) is 28.0. The molecule has 0 N–H and O–H groups in total. The second-order valence-corrected chi connectivity index (χ2v) is 24.7. The maximum Gasteiger partial charge on any atom is 2.00 e. The average Bonchev–Trinajstić information content (AvgIpc) is 0.787. The first-order valence-electron chi connectivity index (χ1n) is 28.1. The summed E-state index contributed by atoms with van der Waals surface area (Å²) in [6, 6.07) is 88.0. The maximum atomic E-state index is 9.87. The summed E-state index contributed by atoms with van der Waals surface area (Å²) in [6.07, 6.45) is 11.3. The van der Waals surface area contributed by atoms with Crippen LogP contribution in [0, 0.1) is 0 Å². The van der Waals surface area contributed by atoms with Gasteiger partial charge in [0.05, 0.1) is 33.1 Å². The van der Waals surface area contributed by atoms with Gasteiger partial charge in [-0.25, -0.2) is 0 Å². The Kier molecular flexibility index (Phi) is 18.0. The molecule has 0 bridgehead atoms. The predicted molar refractivity (Wildman–Crippen MR) is 351 cm³/mol. The van der Waals surface area contributed by atoms with Crippen molar-refractivity contribution in [1.82, 2.24) is 29.9 Å². The van der Waals surface area contributed by atoms with Crippen LogP contribution in [0.5, 0.6) is 0 Å². The van der Waals surface area contributed by atoms with Gasteiger partial charge in [0.25, 0.3) is 0 Å². The summed E-state index contributed by atoms with van der Waals surface area (Å²) in [7, 11) is -21.3. The summed E-state index contributed by atoms with van der Waals surface area (Å²) < 4.78 is 118. The van der Waals surface area contributed by atoms with Crippen LogP contribution in [0.4, 0.5) is 50.4 Å². The molecule has 0 radical (unpaired) electrons. The standard InChI is InChI=1S/3C24H16N2.2F6P.Ru/c3*1-3-7-17(8-4-1)19-13-15-25-23-21(19)11-12-22-20(14-16-26-24(22)23)18-9-5-2-6-10-18;2*1-7(2,3,4,5)6;/h3*1-16H;;;/q;;;2*-1;+2. The van der Waals surface area contributed by atoms with E-state index in [0.717, 1.165) is 65.4 Å². The molecule has 6 aromatic heterocycles. The van der Waals surface area contributed by atoms with Gasteiger partial charge in [-0.1, -0.05) is 218 Å². The number of fused-ring (bicyclic) bond motifs is 9. The number of benzene rings is 9. The number of hydrogen-bond acceptors (Lipinski definition) is 6. The molecule has 468 valence electrons. The molecule has 93 heavy (non-hydrogen) atoms. The number of halogens is 12. The fourth-order valence-electron chi connectivity index (χ4n) is 10.7. The van der Waals surface area contributed by atoms with Crippen LogP contribution < -0.4 is 0 Å². The zero-order chi connectivity index (χ0) is 64.9. The molecule has 6 nitrogen and oxygen atoms in total. The van der Waals surface area contributed by atoms with E-state index in [0.29, 0.717) is 0 Å². The first-order chi connectivity index (χ1) is 43.6. The van der Waals surface area contributed by atoms with Crippen molar-refractivity contribution in [3.63, 3.8) is 0 Å². The van der Waals surface area contributed by atoms with Gasteiger partial charge in [0.1, 0.15) is 0 Å². The van der Waals surface area contributed by atoms with Gasteiger partial charge in [-0.2, -0.15) is 0 Å². The Bertz CT molecular complexity index is 4320. The summed E-state index contributed by atoms with van der Waals surface area (Å²) in [6.45, 7) is 0. The van der Waals surface area contributed by atoms with Crippen molar-refractivity contribution in [3.8, 4) is 66.8 Å². The smallest absolute Gasteiger partial charge is 0.254 e. The minimum Gasteiger partial charge on any atom is -0.254 e. The number of aromatic nitrogens is 6. The van der Waals surface area contributed by atoms with Crippen molar-refractivity contribution < 1.29 is 69.8 Å². The van der Waals surface area contributed by atoms with E-state index in [2.05, 4.69) is 248 Å². The molecule has 0 spiro atoms. The van der Waals surface area contributed by atoms with Crippen molar-refractivity contribution in [3.05, 3.63) is 292 Å². The SMILES string of the molecule is F[P-](F)(F)(F)(F)F.F[P-](F)(F)(F)(F)F.[Ru+2].c1ccc(-c2ccnc3c2ccc2c(-c4ccccc4)ccnc23)cc1.c1ccc(-c2ccnc3c2ccc2c(-c4ccccc4)ccnc23)cc1.c1ccc(-c2ccnc3c2ccc2c(-c4ccccc4)ccnc23)cc1. The Hall–Kier alpha value is -9.92. The molecule has 9 aromatic carbocycles. The van der Waals surface area contributed by atoms with Gasteiger partial charge in [0, 0.05) is 69.5 Å². The molecule has 15 rings (SSSR count). The Morgan fingerprint density at radius 2 is 0.290 bits per heavy atom. The largest absolute Gasteiger partial charge is 2.00 e. The number of pyridine rings is 6. The third-order valence-electron chi connectivity index (χ3n) is 14.4. The molecule has 0 unspecified atom stereocenters. The Balaban J connectivity index is 0.000000137. The maximum absolute atomic E-state index is 10.7. The Morgan fingerprint density at radius 1 is 0.172 bits per heavy atom. The summed E-state index contributed by atoms with van der Waals surface area (Å²) in [5, 5.41) is 6.77. The van der Waals surface area contributed by atoms with Gasteiger partial charge < -0.3 is 0 Å². The molecule has 0 saturated heterocycles. The van der Waals surface area contributed by atoms with E-state index in [-0.39, 0.29) is 19.5 Å². The fraction of sp³-hybridized carbons (Fsp3) is 0. The molecule has 6 heterocycles. The van der Waals surface area contributed by atoms with Crippen LogP contribution >= 0.6 is 15.6 Å². The fourth-order valence-corrected chi connectivity index (χ4v) is 10.7. The summed E-state index contributed by atoms with van der Waals surface area (Å²) in [5.74, 6) is 0. The van der Waals surface area contributed by atoms with Gasteiger partial charge in [-0.3, -0.25) is 29.9 Å². The second kappa shape index (κ2) is 25.3. The van der Waals surface area contributed by atoms with Gasteiger partial charge in [0.2, 0.25) is 0 Å². The van der Waals surface area contributed by atoms with Crippen molar-refractivity contribution in [2.75, 3.05) is 0 Å². The minimum atomic E-state index is -10.7. The molecule has 0 aliphatic rings. The number of rotatable bonds is 6. The normalized spacial score (nSPS) is 12.8. The van der Waals surface area contributed by atoms with Crippen LogP contribution in [-0.4, -0.2) is 29.9 Å². The van der Waals surface area contributed by atoms with E-state index in [9.17, 15) is 50.4 Å². The Labute approximate surface area is 536 Å². The molecule has 21 heteroatoms. The molecule has 0 fully saturated rings. The van der Waals surface area contributed by atoms with Crippen LogP contribution in [0.15, 0.2) is 292 Å². The monoisotopic (exact) mass is 1390 g/mol. The topological polar surface area (TPSA) is 77.3 Å². The van der Waals surface area contributed by atoms with E-state index >= 15 is 0 Å². The van der Waals surface area contributed by atoms with Crippen LogP contribution in [0.1, 0.15) is 0 Å². The number of hydrogen-bond donors (Lipinski definition) is 0. The zero-order valence-corrected chi connectivity index (χ0v) is 51.7. The number of nitrogens with zero attached hydrogens (tertiary/aromatic N) is 6. The van der Waals surface area contributed by atoms with Gasteiger partial charge in [0.15, 0.2) is 0 Å². The zero-order valence-electron chi connectivity index (χ0n) is 48.2. The first kappa shape index (κ1) is 66.0.